The summed E-state index contributed by atoms with van der Waals surface area (Å²) in [5.41, 5.74) is 0.885. The zero-order chi connectivity index (χ0) is 13.8. The van der Waals surface area contributed by atoms with E-state index in [1.807, 2.05) is 24.2 Å². The van der Waals surface area contributed by atoms with Crippen LogP contribution in [0.2, 0.25) is 0 Å². The second-order valence-electron chi connectivity index (χ2n) is 5.14. The largest absolute Gasteiger partial charge is 0.308 e. The van der Waals surface area contributed by atoms with Crippen molar-refractivity contribution in [3.05, 3.63) is 25.0 Å². The van der Waals surface area contributed by atoms with Crippen molar-refractivity contribution in [2.45, 2.75) is 38.3 Å². The molecule has 1 aliphatic rings. The first-order valence-electron chi connectivity index (χ1n) is 6.78. The average molecular weight is 262 g/mol. The maximum Gasteiger partial charge on any atom is 0.244 e. The van der Waals surface area contributed by atoms with Gasteiger partial charge in [0.05, 0.1) is 17.9 Å². The Balaban J connectivity index is 1.92. The number of hydrogen-bond donors (Lipinski definition) is 1. The van der Waals surface area contributed by atoms with Crippen LogP contribution in [0.4, 0.5) is 5.69 Å². The molecule has 1 N–H and O–H groups in total. The molecule has 5 nitrogen and oxygen atoms in total. The molecule has 1 amide bonds. The van der Waals surface area contributed by atoms with Crippen LogP contribution in [0, 0.1) is 0 Å². The molecule has 0 aliphatic carbocycles. The predicted octanol–water partition coefficient (Wildman–Crippen LogP) is 1.47. The number of carbonyl (C=O) groups is 1. The first-order chi connectivity index (χ1) is 9.11. The zero-order valence-electron chi connectivity index (χ0n) is 11.7. The van der Waals surface area contributed by atoms with E-state index in [-0.39, 0.29) is 11.9 Å². The molecule has 19 heavy (non-hydrogen) atoms. The molecule has 0 spiro atoms. The summed E-state index contributed by atoms with van der Waals surface area (Å²) in [5.74, 6) is 0.151. The van der Waals surface area contributed by atoms with E-state index in [4.69, 9.17) is 0 Å². The van der Waals surface area contributed by atoms with Crippen molar-refractivity contribution >= 4 is 11.6 Å². The Morgan fingerprint density at radius 3 is 3.11 bits per heavy atom. The van der Waals surface area contributed by atoms with Crippen molar-refractivity contribution in [1.29, 1.82) is 0 Å². The maximum absolute atomic E-state index is 12.3. The Labute approximate surface area is 114 Å². The molecule has 2 atom stereocenters. The number of nitrogens with zero attached hydrogens (tertiary/aromatic N) is 3. The van der Waals surface area contributed by atoms with Gasteiger partial charge in [0.1, 0.15) is 0 Å². The summed E-state index contributed by atoms with van der Waals surface area (Å²) in [5, 5.41) is 7.52. The lowest BCUT2D eigenvalue weighted by molar-refractivity contribution is -0.119. The van der Waals surface area contributed by atoms with Gasteiger partial charge in [-0.25, -0.2) is 0 Å². The minimum atomic E-state index is -0.0694. The standard InChI is InChI=1S/C14H22N4O/c1-4-5-6-11(2)16-13-7-8-18(14(13)19)12-9-15-17(3)10-12/h4,9-11,13,16H,1,5-8H2,2-3H3/t11-,13-/m1/s1. The summed E-state index contributed by atoms with van der Waals surface area (Å²) < 4.78 is 1.72. The Bertz CT molecular complexity index is 454. The Morgan fingerprint density at radius 1 is 1.68 bits per heavy atom. The van der Waals surface area contributed by atoms with Crippen LogP contribution in [0.3, 0.4) is 0 Å². The number of anilines is 1. The quantitative estimate of drug-likeness (QED) is 0.790. The van der Waals surface area contributed by atoms with Gasteiger partial charge in [-0.15, -0.1) is 6.58 Å². The van der Waals surface area contributed by atoms with E-state index in [0.717, 1.165) is 31.5 Å². The third kappa shape index (κ3) is 3.23. The van der Waals surface area contributed by atoms with Gasteiger partial charge in [-0.3, -0.25) is 9.48 Å². The van der Waals surface area contributed by atoms with E-state index in [1.54, 1.807) is 10.9 Å². The first-order valence-corrected chi connectivity index (χ1v) is 6.78. The highest BCUT2D eigenvalue weighted by molar-refractivity contribution is 5.99. The van der Waals surface area contributed by atoms with Crippen LogP contribution in [0.5, 0.6) is 0 Å². The average Bonchev–Trinajstić information content (AvgIpc) is 2.95. The van der Waals surface area contributed by atoms with E-state index in [1.165, 1.54) is 0 Å². The Kier molecular flexibility index (Phi) is 4.37. The highest BCUT2D eigenvalue weighted by Crippen LogP contribution is 2.21. The molecule has 1 aromatic heterocycles. The van der Waals surface area contributed by atoms with Crippen LogP contribution in [-0.4, -0.2) is 34.3 Å². The zero-order valence-corrected chi connectivity index (χ0v) is 11.7. The van der Waals surface area contributed by atoms with Gasteiger partial charge in [0, 0.05) is 25.8 Å². The summed E-state index contributed by atoms with van der Waals surface area (Å²) in [6.45, 7) is 6.60. The molecule has 0 bridgehead atoms. The van der Waals surface area contributed by atoms with Gasteiger partial charge in [0.25, 0.3) is 0 Å². The minimum Gasteiger partial charge on any atom is -0.308 e. The number of carbonyl (C=O) groups excluding carboxylic acids is 1. The Hall–Kier alpha value is -1.62. The van der Waals surface area contributed by atoms with Gasteiger partial charge in [-0.1, -0.05) is 6.08 Å². The number of hydrogen-bond acceptors (Lipinski definition) is 3. The van der Waals surface area contributed by atoms with Crippen molar-refractivity contribution in [2.75, 3.05) is 11.4 Å². The molecular weight excluding hydrogens is 240 g/mol. The monoisotopic (exact) mass is 262 g/mol. The maximum atomic E-state index is 12.3. The minimum absolute atomic E-state index is 0.0694. The summed E-state index contributed by atoms with van der Waals surface area (Å²) >= 11 is 0. The van der Waals surface area contributed by atoms with Crippen LogP contribution >= 0.6 is 0 Å². The van der Waals surface area contributed by atoms with Gasteiger partial charge in [0.2, 0.25) is 5.91 Å². The molecule has 0 saturated carbocycles. The van der Waals surface area contributed by atoms with E-state index in [9.17, 15) is 4.79 Å². The molecule has 5 heteroatoms. The summed E-state index contributed by atoms with van der Waals surface area (Å²) in [4.78, 5) is 14.1. The number of aromatic nitrogens is 2. The topological polar surface area (TPSA) is 50.2 Å². The fraction of sp³-hybridized carbons (Fsp3) is 0.571. The van der Waals surface area contributed by atoms with Crippen LogP contribution in [0.25, 0.3) is 0 Å². The lowest BCUT2D eigenvalue weighted by Crippen LogP contribution is -2.42. The van der Waals surface area contributed by atoms with E-state index in [0.29, 0.717) is 6.04 Å². The van der Waals surface area contributed by atoms with E-state index < -0.39 is 0 Å². The third-order valence-corrected chi connectivity index (χ3v) is 3.50. The van der Waals surface area contributed by atoms with E-state index >= 15 is 0 Å². The lowest BCUT2D eigenvalue weighted by Gasteiger charge is -2.19. The van der Waals surface area contributed by atoms with Crippen molar-refractivity contribution in [2.24, 2.45) is 7.05 Å². The molecule has 0 radical (unpaired) electrons. The smallest absolute Gasteiger partial charge is 0.244 e. The van der Waals surface area contributed by atoms with Crippen LogP contribution in [0.1, 0.15) is 26.2 Å². The van der Waals surface area contributed by atoms with Gasteiger partial charge in [-0.2, -0.15) is 5.10 Å². The first kappa shape index (κ1) is 13.8. The third-order valence-electron chi connectivity index (χ3n) is 3.50. The SMILES string of the molecule is C=CCC[C@@H](C)N[C@@H]1CCN(c2cnn(C)c2)C1=O. The number of rotatable bonds is 6. The molecule has 104 valence electrons. The number of amides is 1. The molecule has 2 rings (SSSR count). The molecule has 1 aliphatic heterocycles. The number of aryl methyl sites for hydroxylation is 1. The van der Waals surface area contributed by atoms with Gasteiger partial charge in [0.15, 0.2) is 0 Å². The van der Waals surface area contributed by atoms with Crippen LogP contribution < -0.4 is 10.2 Å². The molecule has 0 unspecified atom stereocenters. The lowest BCUT2D eigenvalue weighted by atomic mass is 10.1. The summed E-state index contributed by atoms with van der Waals surface area (Å²) in [6.07, 6.45) is 8.37. The van der Waals surface area contributed by atoms with Crippen LogP contribution in [0.15, 0.2) is 25.0 Å². The van der Waals surface area contributed by atoms with Gasteiger partial charge in [-0.05, 0) is 26.2 Å². The molecule has 0 aromatic carbocycles. The molecule has 2 heterocycles. The molecule has 1 saturated heterocycles. The van der Waals surface area contributed by atoms with Crippen molar-refractivity contribution < 1.29 is 4.79 Å². The van der Waals surface area contributed by atoms with Gasteiger partial charge >= 0.3 is 0 Å². The fourth-order valence-electron chi connectivity index (χ4n) is 2.43. The normalized spacial score (nSPS) is 20.8. The van der Waals surface area contributed by atoms with Crippen molar-refractivity contribution in [3.63, 3.8) is 0 Å². The molecular formula is C14H22N4O. The fourth-order valence-corrected chi connectivity index (χ4v) is 2.43. The van der Waals surface area contributed by atoms with Crippen molar-refractivity contribution in [3.8, 4) is 0 Å². The highest BCUT2D eigenvalue weighted by atomic mass is 16.2. The summed E-state index contributed by atoms with van der Waals surface area (Å²) in [6, 6.07) is 0.265. The number of nitrogens with one attached hydrogen (secondary N) is 1. The van der Waals surface area contributed by atoms with Gasteiger partial charge < -0.3 is 10.2 Å². The highest BCUT2D eigenvalue weighted by Gasteiger charge is 2.33. The van der Waals surface area contributed by atoms with Crippen molar-refractivity contribution in [1.82, 2.24) is 15.1 Å². The number of allylic oxidation sites excluding steroid dienone is 1. The van der Waals surface area contributed by atoms with E-state index in [2.05, 4.69) is 23.9 Å². The Morgan fingerprint density at radius 2 is 2.47 bits per heavy atom. The molecule has 1 fully saturated rings. The predicted molar refractivity (Wildman–Crippen MR) is 76.0 cm³/mol. The van der Waals surface area contributed by atoms with Crippen LogP contribution in [-0.2, 0) is 11.8 Å². The second-order valence-corrected chi connectivity index (χ2v) is 5.14. The molecule has 1 aromatic rings. The summed E-state index contributed by atoms with van der Waals surface area (Å²) in [7, 11) is 1.86. The second kappa shape index (κ2) is 6.02.